The lowest BCUT2D eigenvalue weighted by Crippen LogP contribution is -2.01. The molecule has 3 aromatic rings. The molecule has 0 fully saturated rings. The zero-order chi connectivity index (χ0) is 14.8. The van der Waals surface area contributed by atoms with Crippen molar-refractivity contribution in [3.8, 4) is 0 Å². The van der Waals surface area contributed by atoms with Gasteiger partial charge in [-0.3, -0.25) is 4.21 Å². The Labute approximate surface area is 124 Å². The Hall–Kier alpha value is -2.20. The molecule has 1 unspecified atom stereocenters. The average Bonchev–Trinajstić information content (AvgIpc) is 2.50. The number of fused-ring (bicyclic) bond motifs is 1. The maximum Gasteiger partial charge on any atom is 0.123 e. The number of hydrogen-bond donors (Lipinski definition) is 1. The molecule has 0 saturated carbocycles. The van der Waals surface area contributed by atoms with Crippen molar-refractivity contribution in [2.45, 2.75) is 10.6 Å². The average molecular weight is 299 g/mol. The topological polar surface area (TPSA) is 43.1 Å². The third-order valence-corrected chi connectivity index (χ3v) is 4.73. The first-order valence-electron chi connectivity index (χ1n) is 6.54. The lowest BCUT2D eigenvalue weighted by Gasteiger charge is -2.07. The lowest BCUT2D eigenvalue weighted by atomic mass is 10.1. The summed E-state index contributed by atoms with van der Waals surface area (Å²) in [5.74, 6) is -0.156. The van der Waals surface area contributed by atoms with Gasteiger partial charge in [0.2, 0.25) is 0 Å². The van der Waals surface area contributed by atoms with Crippen molar-refractivity contribution in [2.24, 2.45) is 0 Å². The zero-order valence-corrected chi connectivity index (χ0v) is 12.1. The van der Waals surface area contributed by atoms with Crippen LogP contribution in [0.15, 0.2) is 65.6 Å². The van der Waals surface area contributed by atoms with E-state index in [-0.39, 0.29) is 11.6 Å². The first-order valence-corrected chi connectivity index (χ1v) is 7.86. The number of benzene rings is 3. The summed E-state index contributed by atoms with van der Waals surface area (Å²) in [5, 5.41) is 2.14. The molecule has 3 rings (SSSR count). The summed E-state index contributed by atoms with van der Waals surface area (Å²) in [5.41, 5.74) is 6.84. The SMILES string of the molecule is Nc1ccc(F)cc1CS(=O)c1ccc2ccccc2c1. The minimum Gasteiger partial charge on any atom is -0.398 e. The summed E-state index contributed by atoms with van der Waals surface area (Å²) in [6.07, 6.45) is 0. The Morgan fingerprint density at radius 2 is 1.71 bits per heavy atom. The monoisotopic (exact) mass is 299 g/mol. The highest BCUT2D eigenvalue weighted by molar-refractivity contribution is 7.84. The summed E-state index contributed by atoms with van der Waals surface area (Å²) in [6, 6.07) is 17.7. The van der Waals surface area contributed by atoms with Crippen LogP contribution in [0, 0.1) is 5.82 Å². The lowest BCUT2D eigenvalue weighted by molar-refractivity contribution is 0.626. The van der Waals surface area contributed by atoms with Crippen LogP contribution in [-0.4, -0.2) is 4.21 Å². The van der Waals surface area contributed by atoms with Gasteiger partial charge in [-0.25, -0.2) is 4.39 Å². The highest BCUT2D eigenvalue weighted by Gasteiger charge is 2.09. The standard InChI is InChI=1S/C17H14FNOS/c18-15-6-8-17(19)14(9-15)11-21(20)16-7-5-12-3-1-2-4-13(12)10-16/h1-10H,11,19H2. The van der Waals surface area contributed by atoms with Crippen molar-refractivity contribution >= 4 is 27.3 Å². The van der Waals surface area contributed by atoms with Crippen LogP contribution in [0.5, 0.6) is 0 Å². The van der Waals surface area contributed by atoms with Gasteiger partial charge < -0.3 is 5.73 Å². The van der Waals surface area contributed by atoms with Gasteiger partial charge in [-0.15, -0.1) is 0 Å². The van der Waals surface area contributed by atoms with E-state index in [4.69, 9.17) is 5.73 Å². The second-order valence-corrected chi connectivity index (χ2v) is 6.29. The Bertz CT molecular complexity index is 832. The third kappa shape index (κ3) is 2.95. The number of halogens is 1. The third-order valence-electron chi connectivity index (χ3n) is 3.38. The van der Waals surface area contributed by atoms with Crippen molar-refractivity contribution < 1.29 is 8.60 Å². The molecule has 0 aliphatic heterocycles. The second-order valence-electron chi connectivity index (χ2n) is 4.84. The van der Waals surface area contributed by atoms with Crippen LogP contribution in [0.1, 0.15) is 5.56 Å². The van der Waals surface area contributed by atoms with Crippen molar-refractivity contribution in [3.63, 3.8) is 0 Å². The van der Waals surface area contributed by atoms with Crippen LogP contribution in [0.3, 0.4) is 0 Å². The van der Waals surface area contributed by atoms with E-state index >= 15 is 0 Å². The summed E-state index contributed by atoms with van der Waals surface area (Å²) in [6.45, 7) is 0. The van der Waals surface area contributed by atoms with Gasteiger partial charge in [0.1, 0.15) is 5.82 Å². The van der Waals surface area contributed by atoms with Crippen molar-refractivity contribution in [1.29, 1.82) is 0 Å². The normalized spacial score (nSPS) is 12.4. The molecule has 1 atom stereocenters. The van der Waals surface area contributed by atoms with Crippen molar-refractivity contribution in [3.05, 3.63) is 72.0 Å². The molecule has 0 aliphatic rings. The maximum atomic E-state index is 13.3. The Morgan fingerprint density at radius 3 is 2.52 bits per heavy atom. The van der Waals surface area contributed by atoms with Gasteiger partial charge in [-0.2, -0.15) is 0 Å². The predicted molar refractivity (Wildman–Crippen MR) is 84.9 cm³/mol. The molecule has 0 heterocycles. The Balaban J connectivity index is 1.91. The molecule has 0 spiro atoms. The quantitative estimate of drug-likeness (QED) is 0.746. The van der Waals surface area contributed by atoms with Crippen molar-refractivity contribution in [2.75, 3.05) is 5.73 Å². The van der Waals surface area contributed by atoms with E-state index in [0.717, 1.165) is 15.7 Å². The van der Waals surface area contributed by atoms with Crippen LogP contribution >= 0.6 is 0 Å². The number of hydrogen-bond acceptors (Lipinski definition) is 2. The van der Waals surface area contributed by atoms with Gasteiger partial charge in [0, 0.05) is 10.6 Å². The van der Waals surface area contributed by atoms with Crippen molar-refractivity contribution in [1.82, 2.24) is 0 Å². The fraction of sp³-hybridized carbons (Fsp3) is 0.0588. The summed E-state index contributed by atoms with van der Waals surface area (Å²) in [4.78, 5) is 0.720. The fourth-order valence-corrected chi connectivity index (χ4v) is 3.41. The molecule has 0 aromatic heterocycles. The summed E-state index contributed by atoms with van der Waals surface area (Å²) >= 11 is 0. The Kier molecular flexibility index (Phi) is 3.71. The van der Waals surface area contributed by atoms with E-state index in [0.29, 0.717) is 11.3 Å². The maximum absolute atomic E-state index is 13.3. The van der Waals surface area contributed by atoms with Crippen LogP contribution in [0.25, 0.3) is 10.8 Å². The molecular weight excluding hydrogens is 285 g/mol. The highest BCUT2D eigenvalue weighted by atomic mass is 32.2. The number of nitrogens with two attached hydrogens (primary N) is 1. The van der Waals surface area contributed by atoms with Crippen LogP contribution in [-0.2, 0) is 16.6 Å². The molecule has 2 nitrogen and oxygen atoms in total. The molecule has 4 heteroatoms. The number of anilines is 1. The minimum atomic E-state index is -1.26. The molecule has 3 aromatic carbocycles. The van der Waals surface area contributed by atoms with Gasteiger partial charge in [-0.05, 0) is 46.7 Å². The molecular formula is C17H14FNOS. The molecule has 0 radical (unpaired) electrons. The first-order chi connectivity index (χ1) is 10.1. The number of nitrogen functional groups attached to an aromatic ring is 1. The van der Waals surface area contributed by atoms with Crippen LogP contribution < -0.4 is 5.73 Å². The van der Waals surface area contributed by atoms with Gasteiger partial charge in [0.05, 0.1) is 16.6 Å². The van der Waals surface area contributed by atoms with Crippen LogP contribution in [0.4, 0.5) is 10.1 Å². The Morgan fingerprint density at radius 1 is 0.952 bits per heavy atom. The van der Waals surface area contributed by atoms with E-state index in [1.807, 2.05) is 42.5 Å². The zero-order valence-electron chi connectivity index (χ0n) is 11.3. The first kappa shape index (κ1) is 13.8. The number of rotatable bonds is 3. The van der Waals surface area contributed by atoms with E-state index in [1.54, 1.807) is 0 Å². The van der Waals surface area contributed by atoms with E-state index in [2.05, 4.69) is 0 Å². The van der Waals surface area contributed by atoms with Gasteiger partial charge in [0.25, 0.3) is 0 Å². The molecule has 0 bridgehead atoms. The van der Waals surface area contributed by atoms with E-state index in [9.17, 15) is 8.60 Å². The van der Waals surface area contributed by atoms with E-state index in [1.165, 1.54) is 18.2 Å². The molecule has 0 aliphatic carbocycles. The molecule has 106 valence electrons. The van der Waals surface area contributed by atoms with Gasteiger partial charge >= 0.3 is 0 Å². The van der Waals surface area contributed by atoms with Crippen LogP contribution in [0.2, 0.25) is 0 Å². The molecule has 21 heavy (non-hydrogen) atoms. The minimum absolute atomic E-state index is 0.210. The van der Waals surface area contributed by atoms with Gasteiger partial charge in [-0.1, -0.05) is 30.3 Å². The smallest absolute Gasteiger partial charge is 0.123 e. The molecule has 0 amide bonds. The fourth-order valence-electron chi connectivity index (χ4n) is 2.23. The summed E-state index contributed by atoms with van der Waals surface area (Å²) < 4.78 is 25.7. The highest BCUT2D eigenvalue weighted by Crippen LogP contribution is 2.22. The summed E-state index contributed by atoms with van der Waals surface area (Å²) in [7, 11) is -1.26. The molecule has 0 saturated heterocycles. The largest absolute Gasteiger partial charge is 0.398 e. The molecule has 2 N–H and O–H groups in total. The van der Waals surface area contributed by atoms with E-state index < -0.39 is 10.8 Å². The second kappa shape index (κ2) is 5.66. The van der Waals surface area contributed by atoms with Gasteiger partial charge in [0.15, 0.2) is 0 Å². The predicted octanol–water partition coefficient (Wildman–Crippen LogP) is 3.87.